The van der Waals surface area contributed by atoms with Gasteiger partial charge < -0.3 is 10.2 Å². The van der Waals surface area contributed by atoms with Crippen molar-refractivity contribution in [2.75, 3.05) is 35.1 Å². The van der Waals surface area contributed by atoms with Gasteiger partial charge in [-0.15, -0.1) is 0 Å². The van der Waals surface area contributed by atoms with Crippen LogP contribution in [-0.2, 0) is 14.8 Å². The molecule has 2 rings (SSSR count). The highest BCUT2D eigenvalue weighted by Crippen LogP contribution is 2.25. The molecule has 1 fully saturated rings. The first-order valence-corrected chi connectivity index (χ1v) is 10.5. The molecular weight excluding hydrogens is 338 g/mol. The minimum absolute atomic E-state index is 0.123. The monoisotopic (exact) mass is 367 g/mol. The number of rotatable bonds is 6. The number of sulfonamides is 1. The quantitative estimate of drug-likeness (QED) is 0.838. The highest BCUT2D eigenvalue weighted by Gasteiger charge is 2.21. The van der Waals surface area contributed by atoms with E-state index in [-0.39, 0.29) is 24.4 Å². The first kappa shape index (κ1) is 19.6. The topological polar surface area (TPSA) is 69.7 Å². The van der Waals surface area contributed by atoms with Crippen LogP contribution < -0.4 is 14.5 Å². The van der Waals surface area contributed by atoms with Crippen molar-refractivity contribution in [3.63, 3.8) is 0 Å². The summed E-state index contributed by atoms with van der Waals surface area (Å²) in [5.74, 6) is -0.158. The standard InChI is InChI=1S/C18H29N3O3S/c1-18(2,3)19-17(22)11-14-21(25(4,23)24)16-9-7-15(8-10-16)20-12-5-6-13-20/h7-10H,5-6,11-14H2,1-4H3,(H,19,22). The van der Waals surface area contributed by atoms with Gasteiger partial charge in [0.2, 0.25) is 15.9 Å². The van der Waals surface area contributed by atoms with Gasteiger partial charge in [0.15, 0.2) is 0 Å². The van der Waals surface area contributed by atoms with E-state index >= 15 is 0 Å². The third kappa shape index (κ3) is 5.92. The Bertz CT molecular complexity index is 687. The van der Waals surface area contributed by atoms with Gasteiger partial charge in [0, 0.05) is 37.3 Å². The van der Waals surface area contributed by atoms with Gasteiger partial charge in [-0.3, -0.25) is 9.10 Å². The number of anilines is 2. The first-order valence-electron chi connectivity index (χ1n) is 8.70. The lowest BCUT2D eigenvalue weighted by Gasteiger charge is -2.25. The summed E-state index contributed by atoms with van der Waals surface area (Å²) in [5, 5.41) is 2.86. The van der Waals surface area contributed by atoms with Crippen molar-refractivity contribution in [1.82, 2.24) is 5.32 Å². The maximum Gasteiger partial charge on any atom is 0.232 e. The molecule has 0 unspecified atom stereocenters. The zero-order valence-corrected chi connectivity index (χ0v) is 16.4. The van der Waals surface area contributed by atoms with Crippen molar-refractivity contribution in [3.8, 4) is 0 Å². The van der Waals surface area contributed by atoms with Crippen LogP contribution in [0.5, 0.6) is 0 Å². The van der Waals surface area contributed by atoms with Crippen molar-refractivity contribution >= 4 is 27.3 Å². The van der Waals surface area contributed by atoms with Crippen LogP contribution in [0.2, 0.25) is 0 Å². The summed E-state index contributed by atoms with van der Waals surface area (Å²) in [6.45, 7) is 7.91. The molecule has 0 aliphatic carbocycles. The zero-order valence-electron chi connectivity index (χ0n) is 15.6. The highest BCUT2D eigenvalue weighted by atomic mass is 32.2. The van der Waals surface area contributed by atoms with Crippen LogP contribution in [0.1, 0.15) is 40.0 Å². The van der Waals surface area contributed by atoms with Crippen molar-refractivity contribution in [2.24, 2.45) is 0 Å². The molecule has 140 valence electrons. The van der Waals surface area contributed by atoms with E-state index in [1.54, 1.807) is 0 Å². The van der Waals surface area contributed by atoms with Crippen LogP contribution >= 0.6 is 0 Å². The van der Waals surface area contributed by atoms with Gasteiger partial charge in [-0.25, -0.2) is 8.42 Å². The fourth-order valence-electron chi connectivity index (χ4n) is 2.98. The summed E-state index contributed by atoms with van der Waals surface area (Å²) in [6.07, 6.45) is 3.68. The number of carbonyl (C=O) groups is 1. The molecule has 1 N–H and O–H groups in total. The summed E-state index contributed by atoms with van der Waals surface area (Å²) < 4.78 is 25.6. The molecule has 1 aromatic rings. The van der Waals surface area contributed by atoms with Crippen molar-refractivity contribution in [2.45, 2.75) is 45.6 Å². The summed E-state index contributed by atoms with van der Waals surface area (Å²) in [6, 6.07) is 7.54. The molecule has 0 radical (unpaired) electrons. The molecule has 1 heterocycles. The molecule has 1 aliphatic rings. The molecule has 1 aliphatic heterocycles. The predicted molar refractivity (Wildman–Crippen MR) is 103 cm³/mol. The molecule has 0 atom stereocenters. The van der Waals surface area contributed by atoms with Crippen LogP contribution in [-0.4, -0.2) is 45.8 Å². The smallest absolute Gasteiger partial charge is 0.232 e. The molecule has 0 spiro atoms. The molecule has 7 heteroatoms. The molecule has 1 aromatic carbocycles. The van der Waals surface area contributed by atoms with E-state index in [2.05, 4.69) is 10.2 Å². The van der Waals surface area contributed by atoms with Crippen LogP contribution in [0.4, 0.5) is 11.4 Å². The second-order valence-corrected chi connectivity index (χ2v) is 9.50. The summed E-state index contributed by atoms with van der Waals surface area (Å²) >= 11 is 0. The number of carbonyl (C=O) groups excluding carboxylic acids is 1. The molecular formula is C18H29N3O3S. The predicted octanol–water partition coefficient (Wildman–Crippen LogP) is 2.36. The number of hydrogen-bond donors (Lipinski definition) is 1. The molecule has 1 saturated heterocycles. The van der Waals surface area contributed by atoms with E-state index in [0.717, 1.165) is 18.8 Å². The lowest BCUT2D eigenvalue weighted by Crippen LogP contribution is -2.42. The minimum atomic E-state index is -3.45. The molecule has 0 bridgehead atoms. The molecule has 1 amide bonds. The fraction of sp³-hybridized carbons (Fsp3) is 0.611. The maximum atomic E-state index is 12.2. The lowest BCUT2D eigenvalue weighted by molar-refractivity contribution is -0.122. The van der Waals surface area contributed by atoms with Crippen LogP contribution in [0, 0.1) is 0 Å². The second kappa shape index (κ2) is 7.64. The van der Waals surface area contributed by atoms with Gasteiger partial charge in [-0.1, -0.05) is 0 Å². The third-order valence-corrected chi connectivity index (χ3v) is 5.26. The summed E-state index contributed by atoms with van der Waals surface area (Å²) in [7, 11) is -3.45. The molecule has 25 heavy (non-hydrogen) atoms. The van der Waals surface area contributed by atoms with Crippen molar-refractivity contribution in [3.05, 3.63) is 24.3 Å². The Morgan fingerprint density at radius 1 is 1.16 bits per heavy atom. The van der Waals surface area contributed by atoms with Gasteiger partial charge in [-0.05, 0) is 57.9 Å². The second-order valence-electron chi connectivity index (χ2n) is 7.59. The number of nitrogens with one attached hydrogen (secondary N) is 1. The largest absolute Gasteiger partial charge is 0.372 e. The Hall–Kier alpha value is -1.76. The Morgan fingerprint density at radius 3 is 2.20 bits per heavy atom. The maximum absolute atomic E-state index is 12.2. The molecule has 0 aromatic heterocycles. The number of nitrogens with zero attached hydrogens (tertiary/aromatic N) is 2. The van der Waals surface area contributed by atoms with E-state index in [1.165, 1.54) is 23.4 Å². The summed E-state index contributed by atoms with van der Waals surface area (Å²) in [4.78, 5) is 14.3. The van der Waals surface area contributed by atoms with E-state index in [0.29, 0.717) is 5.69 Å². The Balaban J connectivity index is 2.08. The van der Waals surface area contributed by atoms with Gasteiger partial charge in [0.1, 0.15) is 0 Å². The van der Waals surface area contributed by atoms with E-state index < -0.39 is 10.0 Å². The van der Waals surface area contributed by atoms with E-state index in [9.17, 15) is 13.2 Å². The van der Waals surface area contributed by atoms with Crippen LogP contribution in [0.25, 0.3) is 0 Å². The van der Waals surface area contributed by atoms with Gasteiger partial charge >= 0.3 is 0 Å². The van der Waals surface area contributed by atoms with Crippen LogP contribution in [0.15, 0.2) is 24.3 Å². The first-order chi connectivity index (χ1) is 11.6. The van der Waals surface area contributed by atoms with Gasteiger partial charge in [-0.2, -0.15) is 0 Å². The summed E-state index contributed by atoms with van der Waals surface area (Å²) in [5.41, 5.74) is 1.37. The number of hydrogen-bond acceptors (Lipinski definition) is 4. The third-order valence-electron chi connectivity index (χ3n) is 4.07. The molecule has 0 saturated carbocycles. The van der Waals surface area contributed by atoms with E-state index in [4.69, 9.17) is 0 Å². The van der Waals surface area contributed by atoms with Crippen molar-refractivity contribution < 1.29 is 13.2 Å². The SMILES string of the molecule is CC(C)(C)NC(=O)CCN(c1ccc(N2CCCC2)cc1)S(C)(=O)=O. The van der Waals surface area contributed by atoms with E-state index in [1.807, 2.05) is 45.0 Å². The Kier molecular flexibility index (Phi) is 5.98. The number of amides is 1. The zero-order chi connectivity index (χ0) is 18.7. The van der Waals surface area contributed by atoms with Gasteiger partial charge in [0.05, 0.1) is 11.9 Å². The normalized spacial score (nSPS) is 15.3. The van der Waals surface area contributed by atoms with Crippen LogP contribution in [0.3, 0.4) is 0 Å². The average molecular weight is 368 g/mol. The Morgan fingerprint density at radius 2 is 1.72 bits per heavy atom. The van der Waals surface area contributed by atoms with Gasteiger partial charge in [0.25, 0.3) is 0 Å². The minimum Gasteiger partial charge on any atom is -0.372 e. The van der Waals surface area contributed by atoms with Crippen molar-refractivity contribution in [1.29, 1.82) is 0 Å². The lowest BCUT2D eigenvalue weighted by atomic mass is 10.1. The average Bonchev–Trinajstić information content (AvgIpc) is 2.99. The molecule has 6 nitrogen and oxygen atoms in total. The highest BCUT2D eigenvalue weighted by molar-refractivity contribution is 7.92. The Labute approximate surface area is 151 Å². The number of benzene rings is 1. The fourth-order valence-corrected chi connectivity index (χ4v) is 3.90.